The summed E-state index contributed by atoms with van der Waals surface area (Å²) >= 11 is 1.95. The number of ether oxygens (including phenoxy) is 1. The molecule has 0 aromatic heterocycles. The second-order valence-corrected chi connectivity index (χ2v) is 6.45. The van der Waals surface area contributed by atoms with Crippen molar-refractivity contribution in [1.29, 1.82) is 0 Å². The van der Waals surface area contributed by atoms with Gasteiger partial charge in [0.05, 0.1) is 12.5 Å². The van der Waals surface area contributed by atoms with Gasteiger partial charge in [-0.3, -0.25) is 4.79 Å². The summed E-state index contributed by atoms with van der Waals surface area (Å²) in [4.78, 5) is 14.1. The highest BCUT2D eigenvalue weighted by molar-refractivity contribution is 8.00. The Morgan fingerprint density at radius 3 is 2.53 bits per heavy atom. The Morgan fingerprint density at radius 1 is 1.47 bits per heavy atom. The van der Waals surface area contributed by atoms with E-state index in [1.165, 1.54) is 0 Å². The van der Waals surface area contributed by atoms with Crippen molar-refractivity contribution in [3.63, 3.8) is 0 Å². The molecule has 0 saturated carbocycles. The van der Waals surface area contributed by atoms with Crippen LogP contribution in [0.15, 0.2) is 0 Å². The van der Waals surface area contributed by atoms with Crippen LogP contribution in [0.3, 0.4) is 0 Å². The van der Waals surface area contributed by atoms with E-state index < -0.39 is 0 Å². The van der Waals surface area contributed by atoms with E-state index in [1.54, 1.807) is 0 Å². The van der Waals surface area contributed by atoms with Crippen LogP contribution in [0.25, 0.3) is 0 Å². The zero-order chi connectivity index (χ0) is 12.8. The largest absolute Gasteiger partial charge is 0.377 e. The number of hydrogen-bond acceptors (Lipinski definition) is 4. The van der Waals surface area contributed by atoms with Crippen molar-refractivity contribution in [2.75, 3.05) is 26.2 Å². The normalized spacial score (nSPS) is 26.9. The Labute approximate surface area is 108 Å². The number of amides is 1. The van der Waals surface area contributed by atoms with Crippen molar-refractivity contribution in [3.8, 4) is 0 Å². The van der Waals surface area contributed by atoms with E-state index in [0.29, 0.717) is 30.1 Å². The minimum absolute atomic E-state index is 0.132. The standard InChI is InChI=1S/C12H24N2O2S/c1-4-16-11(6-13)5-12(15)14-7-9(2)17-10(3)8-14/h9-11H,4-8,13H2,1-3H3. The average Bonchev–Trinajstić information content (AvgIpc) is 2.27. The Bertz CT molecular complexity index is 241. The van der Waals surface area contributed by atoms with Gasteiger partial charge in [0.15, 0.2) is 0 Å². The van der Waals surface area contributed by atoms with Crippen LogP contribution in [0, 0.1) is 0 Å². The summed E-state index contributed by atoms with van der Waals surface area (Å²) in [5.74, 6) is 0.174. The van der Waals surface area contributed by atoms with Crippen molar-refractivity contribution in [2.45, 2.75) is 43.8 Å². The van der Waals surface area contributed by atoms with Gasteiger partial charge in [-0.2, -0.15) is 11.8 Å². The molecule has 0 bridgehead atoms. The fraction of sp³-hybridized carbons (Fsp3) is 0.917. The highest BCUT2D eigenvalue weighted by Gasteiger charge is 2.27. The SMILES string of the molecule is CCOC(CN)CC(=O)N1CC(C)SC(C)C1. The predicted octanol–water partition coefficient (Wildman–Crippen LogP) is 1.09. The molecule has 5 heteroatoms. The molecule has 3 unspecified atom stereocenters. The molecule has 0 aromatic rings. The van der Waals surface area contributed by atoms with Gasteiger partial charge in [0.2, 0.25) is 5.91 Å². The first-order valence-corrected chi connectivity index (χ1v) is 7.26. The molecule has 1 fully saturated rings. The summed E-state index contributed by atoms with van der Waals surface area (Å²) in [5.41, 5.74) is 5.59. The zero-order valence-electron chi connectivity index (χ0n) is 11.0. The third-order valence-corrected chi connectivity index (χ3v) is 4.07. The maximum atomic E-state index is 12.1. The topological polar surface area (TPSA) is 55.6 Å². The van der Waals surface area contributed by atoms with E-state index in [0.717, 1.165) is 13.1 Å². The van der Waals surface area contributed by atoms with E-state index in [9.17, 15) is 4.79 Å². The van der Waals surface area contributed by atoms with Crippen molar-refractivity contribution in [3.05, 3.63) is 0 Å². The molecule has 2 N–H and O–H groups in total. The van der Waals surface area contributed by atoms with Crippen molar-refractivity contribution in [2.24, 2.45) is 5.73 Å². The number of thioether (sulfide) groups is 1. The molecule has 1 aliphatic heterocycles. The predicted molar refractivity (Wildman–Crippen MR) is 72.2 cm³/mol. The first-order valence-electron chi connectivity index (χ1n) is 6.31. The highest BCUT2D eigenvalue weighted by Crippen LogP contribution is 2.25. The van der Waals surface area contributed by atoms with Crippen molar-refractivity contribution >= 4 is 17.7 Å². The minimum atomic E-state index is -0.132. The van der Waals surface area contributed by atoms with Gasteiger partial charge >= 0.3 is 0 Å². The third kappa shape index (κ3) is 4.85. The molecule has 1 aliphatic rings. The number of carbonyl (C=O) groups excluding carboxylic acids is 1. The molecule has 0 spiro atoms. The van der Waals surface area contributed by atoms with Crippen molar-refractivity contribution < 1.29 is 9.53 Å². The van der Waals surface area contributed by atoms with Gasteiger partial charge in [0.1, 0.15) is 0 Å². The summed E-state index contributed by atoms with van der Waals surface area (Å²) in [5, 5.41) is 1.04. The molecule has 1 saturated heterocycles. The van der Waals surface area contributed by atoms with Crippen LogP contribution in [0.4, 0.5) is 0 Å². The summed E-state index contributed by atoms with van der Waals surface area (Å²) in [6, 6.07) is 0. The molecule has 17 heavy (non-hydrogen) atoms. The monoisotopic (exact) mass is 260 g/mol. The van der Waals surface area contributed by atoms with Gasteiger partial charge in [-0.25, -0.2) is 0 Å². The fourth-order valence-electron chi connectivity index (χ4n) is 2.15. The van der Waals surface area contributed by atoms with Crippen molar-refractivity contribution in [1.82, 2.24) is 4.90 Å². The quantitative estimate of drug-likeness (QED) is 0.804. The number of hydrogen-bond donors (Lipinski definition) is 1. The van der Waals surface area contributed by atoms with Gasteiger partial charge in [0.25, 0.3) is 0 Å². The second-order valence-electron chi connectivity index (χ2n) is 4.57. The van der Waals surface area contributed by atoms with Crippen LogP contribution < -0.4 is 5.73 Å². The van der Waals surface area contributed by atoms with Gasteiger partial charge in [0, 0.05) is 36.7 Å². The van der Waals surface area contributed by atoms with E-state index in [2.05, 4.69) is 13.8 Å². The molecular formula is C12H24N2O2S. The van der Waals surface area contributed by atoms with Gasteiger partial charge in [-0.15, -0.1) is 0 Å². The van der Waals surface area contributed by atoms with Gasteiger partial charge in [-0.05, 0) is 6.92 Å². The van der Waals surface area contributed by atoms with E-state index >= 15 is 0 Å². The summed E-state index contributed by atoms with van der Waals surface area (Å²) in [6.45, 7) is 8.97. The molecular weight excluding hydrogens is 236 g/mol. The van der Waals surface area contributed by atoms with Crippen LogP contribution in [-0.2, 0) is 9.53 Å². The van der Waals surface area contributed by atoms with Gasteiger partial charge in [-0.1, -0.05) is 13.8 Å². The molecule has 4 nitrogen and oxygen atoms in total. The molecule has 0 aliphatic carbocycles. The first-order chi connectivity index (χ1) is 8.06. The first kappa shape index (κ1) is 14.8. The number of nitrogens with two attached hydrogens (primary N) is 1. The molecule has 1 amide bonds. The summed E-state index contributed by atoms with van der Waals surface area (Å²) in [6.07, 6.45) is 0.279. The highest BCUT2D eigenvalue weighted by atomic mass is 32.2. The Hall–Kier alpha value is -0.260. The molecule has 0 aromatic carbocycles. The lowest BCUT2D eigenvalue weighted by Gasteiger charge is -2.35. The molecule has 3 atom stereocenters. The number of carbonyl (C=O) groups is 1. The van der Waals surface area contributed by atoms with Crippen LogP contribution in [0.5, 0.6) is 0 Å². The van der Waals surface area contributed by atoms with Crippen LogP contribution in [0.2, 0.25) is 0 Å². The maximum Gasteiger partial charge on any atom is 0.225 e. The molecule has 1 rings (SSSR count). The lowest BCUT2D eigenvalue weighted by molar-refractivity contribution is -0.134. The lowest BCUT2D eigenvalue weighted by Crippen LogP contribution is -2.45. The molecule has 0 radical (unpaired) electrons. The lowest BCUT2D eigenvalue weighted by atomic mass is 10.2. The Kier molecular flexibility index (Phi) is 6.30. The summed E-state index contributed by atoms with van der Waals surface area (Å²) < 4.78 is 5.43. The minimum Gasteiger partial charge on any atom is -0.377 e. The maximum absolute atomic E-state index is 12.1. The Balaban J connectivity index is 2.45. The van der Waals surface area contributed by atoms with E-state index in [1.807, 2.05) is 23.6 Å². The van der Waals surface area contributed by atoms with Crippen LogP contribution >= 0.6 is 11.8 Å². The number of rotatable bonds is 5. The smallest absolute Gasteiger partial charge is 0.225 e. The fourth-order valence-corrected chi connectivity index (χ4v) is 3.48. The van der Waals surface area contributed by atoms with E-state index in [-0.39, 0.29) is 12.0 Å². The third-order valence-electron chi connectivity index (χ3n) is 2.84. The summed E-state index contributed by atoms with van der Waals surface area (Å²) in [7, 11) is 0. The van der Waals surface area contributed by atoms with Crippen LogP contribution in [-0.4, -0.2) is 53.7 Å². The number of nitrogens with zero attached hydrogens (tertiary/aromatic N) is 1. The van der Waals surface area contributed by atoms with Gasteiger partial charge < -0.3 is 15.4 Å². The average molecular weight is 260 g/mol. The molecule has 1 heterocycles. The Morgan fingerprint density at radius 2 is 2.06 bits per heavy atom. The van der Waals surface area contributed by atoms with E-state index in [4.69, 9.17) is 10.5 Å². The van der Waals surface area contributed by atoms with Crippen LogP contribution in [0.1, 0.15) is 27.2 Å². The second kappa shape index (κ2) is 7.24. The zero-order valence-corrected chi connectivity index (χ0v) is 11.8. The molecule has 100 valence electrons.